The van der Waals surface area contributed by atoms with Gasteiger partial charge in [0.1, 0.15) is 0 Å². The summed E-state index contributed by atoms with van der Waals surface area (Å²) in [5.41, 5.74) is -0.231. The minimum absolute atomic E-state index is 0.233. The van der Waals surface area contributed by atoms with Gasteiger partial charge in [0, 0.05) is 26.8 Å². The number of ether oxygens (including phenoxy) is 1. The quantitative estimate of drug-likeness (QED) is 0.689. The molecule has 1 fully saturated rings. The molecule has 0 amide bonds. The summed E-state index contributed by atoms with van der Waals surface area (Å²) in [6.45, 7) is 6.98. The number of hydrogen-bond acceptors (Lipinski definition) is 3. The van der Waals surface area contributed by atoms with Crippen molar-refractivity contribution in [2.45, 2.75) is 64.4 Å². The second-order valence-electron chi connectivity index (χ2n) is 6.65. The van der Waals surface area contributed by atoms with Gasteiger partial charge in [-0.25, -0.2) is 0 Å². The van der Waals surface area contributed by atoms with E-state index in [1.54, 1.807) is 7.11 Å². The average molecular weight is 257 g/mol. The molecule has 0 bridgehead atoms. The Morgan fingerprint density at radius 3 is 2.33 bits per heavy atom. The zero-order chi connectivity index (χ0) is 13.5. The van der Waals surface area contributed by atoms with Gasteiger partial charge in [-0.05, 0) is 24.7 Å². The molecule has 3 nitrogen and oxygen atoms in total. The van der Waals surface area contributed by atoms with Crippen LogP contribution in [0.5, 0.6) is 0 Å². The van der Waals surface area contributed by atoms with Gasteiger partial charge in [-0.1, -0.05) is 39.5 Å². The minimum Gasteiger partial charge on any atom is -0.389 e. The molecule has 0 aliphatic heterocycles. The van der Waals surface area contributed by atoms with Gasteiger partial charge in [0.05, 0.1) is 5.60 Å². The Bertz CT molecular complexity index is 221. The second kappa shape index (κ2) is 7.46. The molecule has 0 aromatic carbocycles. The van der Waals surface area contributed by atoms with Gasteiger partial charge in [-0.2, -0.15) is 0 Å². The van der Waals surface area contributed by atoms with Crippen LogP contribution in [-0.2, 0) is 4.74 Å². The molecule has 0 aromatic rings. The summed E-state index contributed by atoms with van der Waals surface area (Å²) >= 11 is 0. The van der Waals surface area contributed by atoms with E-state index in [9.17, 15) is 5.11 Å². The highest BCUT2D eigenvalue weighted by Crippen LogP contribution is 2.27. The predicted octanol–water partition coefficient (Wildman–Crippen LogP) is 2.72. The van der Waals surface area contributed by atoms with Gasteiger partial charge in [0.15, 0.2) is 0 Å². The van der Waals surface area contributed by atoms with E-state index in [1.165, 1.54) is 25.7 Å². The zero-order valence-electron chi connectivity index (χ0n) is 12.4. The first-order valence-electron chi connectivity index (χ1n) is 7.40. The molecular weight excluding hydrogens is 226 g/mol. The third-order valence-electron chi connectivity index (χ3n) is 4.07. The highest BCUT2D eigenvalue weighted by atomic mass is 16.5. The molecular formula is C15H31NO2. The van der Waals surface area contributed by atoms with Gasteiger partial charge < -0.3 is 15.2 Å². The molecule has 1 aliphatic rings. The van der Waals surface area contributed by atoms with E-state index < -0.39 is 5.60 Å². The first kappa shape index (κ1) is 15.9. The molecule has 1 rings (SSSR count). The van der Waals surface area contributed by atoms with Crippen molar-refractivity contribution in [1.82, 2.24) is 5.32 Å². The normalized spacial score (nSPS) is 20.7. The van der Waals surface area contributed by atoms with Crippen LogP contribution < -0.4 is 5.32 Å². The molecule has 0 saturated heterocycles. The molecule has 0 radical (unpaired) electrons. The third-order valence-corrected chi connectivity index (χ3v) is 4.07. The average Bonchev–Trinajstić information content (AvgIpc) is 2.51. The summed E-state index contributed by atoms with van der Waals surface area (Å²) in [5.74, 6) is 0. The van der Waals surface area contributed by atoms with E-state index in [2.05, 4.69) is 19.2 Å². The van der Waals surface area contributed by atoms with Crippen LogP contribution in [-0.4, -0.2) is 37.5 Å². The Balaban J connectivity index is 2.26. The maximum absolute atomic E-state index is 10.5. The molecule has 0 spiro atoms. The summed E-state index contributed by atoms with van der Waals surface area (Å²) in [6.07, 6.45) is 7.87. The molecule has 108 valence electrons. The second-order valence-corrected chi connectivity index (χ2v) is 6.65. The van der Waals surface area contributed by atoms with Crippen molar-refractivity contribution in [3.05, 3.63) is 0 Å². The van der Waals surface area contributed by atoms with Crippen LogP contribution in [0.3, 0.4) is 0 Å². The van der Waals surface area contributed by atoms with E-state index in [1.807, 2.05) is 0 Å². The van der Waals surface area contributed by atoms with Crippen molar-refractivity contribution in [3.63, 3.8) is 0 Å². The lowest BCUT2D eigenvalue weighted by atomic mass is 9.88. The number of aliphatic hydroxyl groups is 1. The van der Waals surface area contributed by atoms with E-state index in [0.717, 1.165) is 39.0 Å². The summed E-state index contributed by atoms with van der Waals surface area (Å²) in [7, 11) is 1.75. The maximum atomic E-state index is 10.5. The molecule has 0 aromatic heterocycles. The third kappa shape index (κ3) is 6.17. The van der Waals surface area contributed by atoms with Crippen LogP contribution in [0.1, 0.15) is 58.8 Å². The molecule has 3 heteroatoms. The van der Waals surface area contributed by atoms with E-state index in [4.69, 9.17) is 4.74 Å². The van der Waals surface area contributed by atoms with Crippen molar-refractivity contribution >= 4 is 0 Å². The van der Waals surface area contributed by atoms with Crippen LogP contribution in [0, 0.1) is 5.41 Å². The SMILES string of the molecule is COCCC(C)(C)CNCC1(O)CCCCCC1. The Hall–Kier alpha value is -0.120. The van der Waals surface area contributed by atoms with Crippen molar-refractivity contribution in [2.24, 2.45) is 5.41 Å². The standard InChI is InChI=1S/C15H31NO2/c1-14(2,10-11-18-3)12-16-13-15(17)8-6-4-5-7-9-15/h16-17H,4-13H2,1-3H3. The Morgan fingerprint density at radius 1 is 1.17 bits per heavy atom. The van der Waals surface area contributed by atoms with Gasteiger partial charge in [0.2, 0.25) is 0 Å². The summed E-state index contributed by atoms with van der Waals surface area (Å²) in [4.78, 5) is 0. The number of hydrogen-bond donors (Lipinski definition) is 2. The zero-order valence-corrected chi connectivity index (χ0v) is 12.4. The first-order valence-corrected chi connectivity index (χ1v) is 7.40. The summed E-state index contributed by atoms with van der Waals surface area (Å²) < 4.78 is 5.13. The minimum atomic E-state index is -0.464. The fourth-order valence-corrected chi connectivity index (χ4v) is 2.66. The van der Waals surface area contributed by atoms with Crippen molar-refractivity contribution in [3.8, 4) is 0 Å². The van der Waals surface area contributed by atoms with Crippen LogP contribution >= 0.6 is 0 Å². The smallest absolute Gasteiger partial charge is 0.0771 e. The van der Waals surface area contributed by atoms with E-state index in [0.29, 0.717) is 0 Å². The van der Waals surface area contributed by atoms with Gasteiger partial charge in [0.25, 0.3) is 0 Å². The van der Waals surface area contributed by atoms with Gasteiger partial charge in [-0.3, -0.25) is 0 Å². The molecule has 0 heterocycles. The number of nitrogens with one attached hydrogen (secondary N) is 1. The highest BCUT2D eigenvalue weighted by Gasteiger charge is 2.28. The van der Waals surface area contributed by atoms with Gasteiger partial charge >= 0.3 is 0 Å². The molecule has 1 saturated carbocycles. The maximum Gasteiger partial charge on any atom is 0.0771 e. The van der Waals surface area contributed by atoms with Crippen LogP contribution in [0.4, 0.5) is 0 Å². The number of methoxy groups -OCH3 is 1. The van der Waals surface area contributed by atoms with Crippen molar-refractivity contribution in [1.29, 1.82) is 0 Å². The Kier molecular flexibility index (Phi) is 6.61. The van der Waals surface area contributed by atoms with Crippen molar-refractivity contribution in [2.75, 3.05) is 26.8 Å². The number of rotatable bonds is 7. The monoisotopic (exact) mass is 257 g/mol. The van der Waals surface area contributed by atoms with E-state index >= 15 is 0 Å². The topological polar surface area (TPSA) is 41.5 Å². The van der Waals surface area contributed by atoms with Crippen LogP contribution in [0.25, 0.3) is 0 Å². The lowest BCUT2D eigenvalue weighted by molar-refractivity contribution is 0.0226. The predicted molar refractivity (Wildman–Crippen MR) is 75.8 cm³/mol. The molecule has 18 heavy (non-hydrogen) atoms. The highest BCUT2D eigenvalue weighted by molar-refractivity contribution is 4.84. The first-order chi connectivity index (χ1) is 8.47. The molecule has 0 unspecified atom stereocenters. The Labute approximate surface area is 112 Å². The van der Waals surface area contributed by atoms with Crippen LogP contribution in [0.15, 0.2) is 0 Å². The lowest BCUT2D eigenvalue weighted by Crippen LogP contribution is -2.43. The Morgan fingerprint density at radius 2 is 1.78 bits per heavy atom. The largest absolute Gasteiger partial charge is 0.389 e. The van der Waals surface area contributed by atoms with Gasteiger partial charge in [-0.15, -0.1) is 0 Å². The molecule has 2 N–H and O–H groups in total. The fourth-order valence-electron chi connectivity index (χ4n) is 2.66. The summed E-state index contributed by atoms with van der Waals surface area (Å²) in [5, 5.41) is 14.0. The summed E-state index contributed by atoms with van der Waals surface area (Å²) in [6, 6.07) is 0. The molecule has 0 atom stereocenters. The molecule has 1 aliphatic carbocycles. The van der Waals surface area contributed by atoms with Crippen LogP contribution in [0.2, 0.25) is 0 Å². The van der Waals surface area contributed by atoms with Crippen molar-refractivity contribution < 1.29 is 9.84 Å². The lowest BCUT2D eigenvalue weighted by Gasteiger charge is -2.30. The fraction of sp³-hybridized carbons (Fsp3) is 1.00. The van der Waals surface area contributed by atoms with E-state index in [-0.39, 0.29) is 5.41 Å².